The van der Waals surface area contributed by atoms with Crippen LogP contribution < -0.4 is 4.73 Å². The van der Waals surface area contributed by atoms with Gasteiger partial charge in [0, 0.05) is 11.6 Å². The summed E-state index contributed by atoms with van der Waals surface area (Å²) in [6, 6.07) is 12.4. The summed E-state index contributed by atoms with van der Waals surface area (Å²) in [6.07, 6.45) is 1.22. The number of pyridine rings is 1. The molecule has 2 aromatic rings. The second kappa shape index (κ2) is 4.65. The molecule has 0 spiro atoms. The summed E-state index contributed by atoms with van der Waals surface area (Å²) in [4.78, 5) is 11.2. The maximum atomic E-state index is 11.8. The first-order chi connectivity index (χ1) is 8.22. The van der Waals surface area contributed by atoms with Crippen molar-refractivity contribution >= 4 is 5.97 Å². The van der Waals surface area contributed by atoms with Gasteiger partial charge in [-0.25, -0.2) is 4.79 Å². The maximum Gasteiger partial charge on any atom is 0.344 e. The number of benzene rings is 1. The highest BCUT2D eigenvalue weighted by Gasteiger charge is 2.13. The molecule has 0 aliphatic heterocycles. The van der Waals surface area contributed by atoms with Gasteiger partial charge in [-0.1, -0.05) is 18.2 Å². The summed E-state index contributed by atoms with van der Waals surface area (Å²) in [5, 5.41) is 11.8. The Morgan fingerprint density at radius 1 is 1.18 bits per heavy atom. The van der Waals surface area contributed by atoms with Crippen LogP contribution in [-0.2, 0) is 4.74 Å². The molecule has 0 unspecified atom stereocenters. The lowest BCUT2D eigenvalue weighted by atomic mass is 10.1. The van der Waals surface area contributed by atoms with Gasteiger partial charge in [0.1, 0.15) is 5.56 Å². The van der Waals surface area contributed by atoms with Crippen LogP contribution in [0, 0.1) is 5.21 Å². The molecule has 0 saturated heterocycles. The number of rotatable bonds is 2. The van der Waals surface area contributed by atoms with Crippen molar-refractivity contribution in [3.8, 4) is 11.3 Å². The standard InChI is InChI=1S/C13H11NO3/c1-17-13(15)11-7-8-12(14(16)9-11)10-5-3-2-4-6-10/h2-9H,1H3. The van der Waals surface area contributed by atoms with Crippen LogP contribution in [0.4, 0.5) is 0 Å². The van der Waals surface area contributed by atoms with Gasteiger partial charge in [0.2, 0.25) is 5.69 Å². The third-order valence-corrected chi connectivity index (χ3v) is 2.41. The van der Waals surface area contributed by atoms with E-state index in [-0.39, 0.29) is 5.56 Å². The van der Waals surface area contributed by atoms with Crippen LogP contribution in [0.15, 0.2) is 48.7 Å². The van der Waals surface area contributed by atoms with Crippen LogP contribution in [-0.4, -0.2) is 13.1 Å². The van der Waals surface area contributed by atoms with E-state index in [4.69, 9.17) is 0 Å². The van der Waals surface area contributed by atoms with Gasteiger partial charge >= 0.3 is 5.97 Å². The quantitative estimate of drug-likeness (QED) is 0.448. The number of nitrogens with zero attached hydrogens (tertiary/aromatic N) is 1. The molecule has 0 bridgehead atoms. The molecular formula is C13H11NO3. The van der Waals surface area contributed by atoms with Gasteiger partial charge in [-0.15, -0.1) is 0 Å². The largest absolute Gasteiger partial charge is 0.618 e. The van der Waals surface area contributed by atoms with Crippen molar-refractivity contribution in [3.05, 3.63) is 59.4 Å². The van der Waals surface area contributed by atoms with Crippen LogP contribution in [0.2, 0.25) is 0 Å². The van der Waals surface area contributed by atoms with Crippen LogP contribution >= 0.6 is 0 Å². The number of carbonyl (C=O) groups excluding carboxylic acids is 1. The van der Waals surface area contributed by atoms with E-state index in [2.05, 4.69) is 4.74 Å². The Morgan fingerprint density at radius 2 is 1.88 bits per heavy atom. The molecule has 1 aromatic heterocycles. The molecule has 0 fully saturated rings. The van der Waals surface area contributed by atoms with Crippen LogP contribution in [0.25, 0.3) is 11.3 Å². The van der Waals surface area contributed by atoms with Crippen LogP contribution in [0.5, 0.6) is 0 Å². The number of hydrogen-bond acceptors (Lipinski definition) is 3. The van der Waals surface area contributed by atoms with Gasteiger partial charge in [0.25, 0.3) is 0 Å². The Hall–Kier alpha value is -2.36. The van der Waals surface area contributed by atoms with Gasteiger partial charge in [-0.2, -0.15) is 4.73 Å². The second-order valence-electron chi connectivity index (χ2n) is 3.49. The number of esters is 1. The molecule has 0 N–H and O–H groups in total. The lowest BCUT2D eigenvalue weighted by Gasteiger charge is -2.05. The van der Waals surface area contributed by atoms with E-state index in [1.165, 1.54) is 13.3 Å². The highest BCUT2D eigenvalue weighted by Crippen LogP contribution is 2.14. The number of methoxy groups -OCH3 is 1. The lowest BCUT2D eigenvalue weighted by Crippen LogP contribution is -2.30. The minimum Gasteiger partial charge on any atom is -0.618 e. The van der Waals surface area contributed by atoms with Crippen LogP contribution in [0.1, 0.15) is 10.4 Å². The van der Waals surface area contributed by atoms with Crippen molar-refractivity contribution in [2.24, 2.45) is 0 Å². The number of aromatic nitrogens is 1. The SMILES string of the molecule is COC(=O)c1ccc(-c2ccccc2)[n+]([O-])c1. The van der Waals surface area contributed by atoms with E-state index < -0.39 is 5.97 Å². The van der Waals surface area contributed by atoms with Crippen molar-refractivity contribution in [2.75, 3.05) is 7.11 Å². The maximum absolute atomic E-state index is 11.8. The van der Waals surface area contributed by atoms with E-state index in [9.17, 15) is 10.0 Å². The number of hydrogen-bond donors (Lipinski definition) is 0. The van der Waals surface area contributed by atoms with Crippen molar-refractivity contribution in [2.45, 2.75) is 0 Å². The summed E-state index contributed by atoms with van der Waals surface area (Å²) in [5.41, 5.74) is 1.54. The Bertz CT molecular complexity index is 538. The molecule has 86 valence electrons. The lowest BCUT2D eigenvalue weighted by molar-refractivity contribution is -0.593. The minimum atomic E-state index is -0.519. The first kappa shape index (κ1) is 11.1. The Labute approximate surface area is 98.7 Å². The Kier molecular flexibility index (Phi) is 3.05. The molecule has 2 rings (SSSR count). The average Bonchev–Trinajstić information content (AvgIpc) is 2.38. The summed E-state index contributed by atoms with van der Waals surface area (Å²) in [5.74, 6) is -0.519. The molecule has 4 heteroatoms. The predicted octanol–water partition coefficient (Wildman–Crippen LogP) is 1.77. The molecule has 0 aliphatic carbocycles. The van der Waals surface area contributed by atoms with Gasteiger partial charge in [0.05, 0.1) is 7.11 Å². The minimum absolute atomic E-state index is 0.238. The number of ether oxygens (including phenoxy) is 1. The van der Waals surface area contributed by atoms with E-state index in [0.29, 0.717) is 10.4 Å². The molecule has 4 nitrogen and oxygen atoms in total. The summed E-state index contributed by atoms with van der Waals surface area (Å²) >= 11 is 0. The second-order valence-corrected chi connectivity index (χ2v) is 3.49. The fraction of sp³-hybridized carbons (Fsp3) is 0.0769. The Balaban J connectivity index is 2.42. The van der Waals surface area contributed by atoms with Gasteiger partial charge in [0.15, 0.2) is 6.20 Å². The monoisotopic (exact) mass is 229 g/mol. The highest BCUT2D eigenvalue weighted by atomic mass is 16.5. The molecule has 1 aromatic carbocycles. The number of carbonyl (C=O) groups is 1. The first-order valence-corrected chi connectivity index (χ1v) is 5.09. The van der Waals surface area contributed by atoms with Gasteiger partial charge < -0.3 is 9.94 Å². The molecule has 17 heavy (non-hydrogen) atoms. The molecule has 0 radical (unpaired) electrons. The predicted molar refractivity (Wildman–Crippen MR) is 62.2 cm³/mol. The Morgan fingerprint density at radius 3 is 2.47 bits per heavy atom. The molecule has 0 atom stereocenters. The average molecular weight is 229 g/mol. The van der Waals surface area contributed by atoms with E-state index >= 15 is 0 Å². The molecule has 0 amide bonds. The van der Waals surface area contributed by atoms with Crippen LogP contribution in [0.3, 0.4) is 0 Å². The van der Waals surface area contributed by atoms with Crippen molar-refractivity contribution in [1.82, 2.24) is 0 Å². The first-order valence-electron chi connectivity index (χ1n) is 5.09. The zero-order chi connectivity index (χ0) is 12.3. The summed E-state index contributed by atoms with van der Waals surface area (Å²) in [7, 11) is 1.28. The summed E-state index contributed by atoms with van der Waals surface area (Å²) < 4.78 is 5.21. The molecular weight excluding hydrogens is 218 g/mol. The fourth-order valence-electron chi connectivity index (χ4n) is 1.55. The van der Waals surface area contributed by atoms with Crippen molar-refractivity contribution < 1.29 is 14.3 Å². The van der Waals surface area contributed by atoms with Crippen molar-refractivity contribution in [1.29, 1.82) is 0 Å². The smallest absolute Gasteiger partial charge is 0.344 e. The van der Waals surface area contributed by atoms with E-state index in [1.54, 1.807) is 12.1 Å². The van der Waals surface area contributed by atoms with Gasteiger partial charge in [-0.05, 0) is 18.2 Å². The molecule has 0 saturated carbocycles. The fourth-order valence-corrected chi connectivity index (χ4v) is 1.55. The van der Waals surface area contributed by atoms with E-state index in [1.807, 2.05) is 30.3 Å². The normalized spacial score (nSPS) is 9.94. The molecule has 1 heterocycles. The molecule has 0 aliphatic rings. The third kappa shape index (κ3) is 2.25. The third-order valence-electron chi connectivity index (χ3n) is 2.41. The zero-order valence-electron chi connectivity index (χ0n) is 9.29. The summed E-state index contributed by atoms with van der Waals surface area (Å²) in [6.45, 7) is 0. The zero-order valence-corrected chi connectivity index (χ0v) is 9.29. The van der Waals surface area contributed by atoms with Gasteiger partial charge in [-0.3, -0.25) is 0 Å². The van der Waals surface area contributed by atoms with Crippen molar-refractivity contribution in [3.63, 3.8) is 0 Å². The van der Waals surface area contributed by atoms with E-state index in [0.717, 1.165) is 5.56 Å². The topological polar surface area (TPSA) is 53.2 Å². The highest BCUT2D eigenvalue weighted by molar-refractivity contribution is 5.88.